The Morgan fingerprint density at radius 3 is 3.11 bits per heavy atom. The monoisotopic (exact) mass is 243 g/mol. The van der Waals surface area contributed by atoms with E-state index in [2.05, 4.69) is 26.7 Å². The molecule has 0 spiro atoms. The van der Waals surface area contributed by atoms with Gasteiger partial charge in [0.1, 0.15) is 0 Å². The number of amides is 1. The highest BCUT2D eigenvalue weighted by Crippen LogP contribution is 2.15. The van der Waals surface area contributed by atoms with Crippen molar-refractivity contribution < 1.29 is 4.79 Å². The summed E-state index contributed by atoms with van der Waals surface area (Å²) >= 11 is 0. The van der Waals surface area contributed by atoms with E-state index in [-0.39, 0.29) is 0 Å². The number of carbonyl (C=O) groups is 1. The summed E-state index contributed by atoms with van der Waals surface area (Å²) < 4.78 is 0. The molecule has 0 radical (unpaired) electrons. The van der Waals surface area contributed by atoms with Crippen molar-refractivity contribution in [2.45, 2.75) is 6.42 Å². The molecule has 6 heteroatoms. The first-order chi connectivity index (χ1) is 8.83. The summed E-state index contributed by atoms with van der Waals surface area (Å²) in [5, 5.41) is 14.5. The number of aromatic nitrogens is 2. The second-order valence-electron chi connectivity index (χ2n) is 3.78. The lowest BCUT2D eigenvalue weighted by atomic mass is 10.2. The first-order valence-corrected chi connectivity index (χ1v) is 5.64. The number of nitriles is 1. The third kappa shape index (κ3) is 2.77. The highest BCUT2D eigenvalue weighted by molar-refractivity contribution is 5.78. The fourth-order valence-electron chi connectivity index (χ4n) is 1.62. The number of aromatic amines is 1. The number of H-pyrrole nitrogens is 1. The molecule has 0 fully saturated rings. The standard InChI is InChI=1S/C12H13N5O/c13-7-9-2-3-10-11(6-9)17-12(16-10)15-5-1-4-14-8-18/h2-3,6,8H,1,4-5H2,(H,14,18)(H2,15,16,17). The quantitative estimate of drug-likeness (QED) is 0.521. The Hall–Kier alpha value is -2.55. The number of carbonyl (C=O) groups excluding carboxylic acids is 1. The van der Waals surface area contributed by atoms with Gasteiger partial charge in [-0.2, -0.15) is 5.26 Å². The summed E-state index contributed by atoms with van der Waals surface area (Å²) in [5.74, 6) is 0.672. The number of imidazole rings is 1. The van der Waals surface area contributed by atoms with Gasteiger partial charge < -0.3 is 15.6 Å². The van der Waals surface area contributed by atoms with Crippen LogP contribution in [-0.2, 0) is 4.79 Å². The van der Waals surface area contributed by atoms with Gasteiger partial charge in [-0.3, -0.25) is 4.79 Å². The second kappa shape index (κ2) is 5.68. The van der Waals surface area contributed by atoms with Gasteiger partial charge in [0, 0.05) is 13.1 Å². The molecule has 1 heterocycles. The topological polar surface area (TPSA) is 93.6 Å². The average Bonchev–Trinajstić information content (AvgIpc) is 2.80. The molecule has 0 aliphatic carbocycles. The highest BCUT2D eigenvalue weighted by atomic mass is 16.1. The van der Waals surface area contributed by atoms with Gasteiger partial charge >= 0.3 is 0 Å². The minimum Gasteiger partial charge on any atom is -0.359 e. The van der Waals surface area contributed by atoms with Gasteiger partial charge in [0.15, 0.2) is 0 Å². The summed E-state index contributed by atoms with van der Waals surface area (Å²) in [6.07, 6.45) is 1.50. The van der Waals surface area contributed by atoms with Gasteiger partial charge in [-0.1, -0.05) is 0 Å². The number of nitrogens with zero attached hydrogens (tertiary/aromatic N) is 2. The maximum absolute atomic E-state index is 10.0. The van der Waals surface area contributed by atoms with E-state index in [4.69, 9.17) is 5.26 Å². The summed E-state index contributed by atoms with van der Waals surface area (Å²) in [4.78, 5) is 17.5. The Morgan fingerprint density at radius 1 is 1.44 bits per heavy atom. The normalized spacial score (nSPS) is 9.94. The molecule has 0 saturated heterocycles. The van der Waals surface area contributed by atoms with E-state index in [1.54, 1.807) is 12.1 Å². The van der Waals surface area contributed by atoms with Crippen molar-refractivity contribution in [2.24, 2.45) is 0 Å². The molecule has 0 aliphatic heterocycles. The van der Waals surface area contributed by atoms with E-state index >= 15 is 0 Å². The lowest BCUT2D eigenvalue weighted by Gasteiger charge is -2.01. The zero-order valence-electron chi connectivity index (χ0n) is 9.73. The second-order valence-corrected chi connectivity index (χ2v) is 3.78. The Balaban J connectivity index is 1.97. The molecule has 2 rings (SSSR count). The molecule has 1 aromatic carbocycles. The molecule has 92 valence electrons. The molecule has 3 N–H and O–H groups in total. The van der Waals surface area contributed by atoms with E-state index in [0.717, 1.165) is 17.5 Å². The number of hydrogen-bond acceptors (Lipinski definition) is 4. The Morgan fingerprint density at radius 2 is 2.33 bits per heavy atom. The van der Waals surface area contributed by atoms with Crippen LogP contribution in [-0.4, -0.2) is 29.5 Å². The SMILES string of the molecule is N#Cc1ccc2nc(NCCCNC=O)[nH]c2c1. The summed E-state index contributed by atoms with van der Waals surface area (Å²) in [7, 11) is 0. The lowest BCUT2D eigenvalue weighted by Crippen LogP contribution is -2.16. The average molecular weight is 243 g/mol. The zero-order valence-corrected chi connectivity index (χ0v) is 9.73. The smallest absolute Gasteiger partial charge is 0.207 e. The van der Waals surface area contributed by atoms with Crippen molar-refractivity contribution in [3.8, 4) is 6.07 Å². The van der Waals surface area contributed by atoms with Crippen molar-refractivity contribution in [1.29, 1.82) is 5.26 Å². The first-order valence-electron chi connectivity index (χ1n) is 5.64. The molecule has 1 amide bonds. The fraction of sp³-hybridized carbons (Fsp3) is 0.250. The molecular formula is C12H13N5O. The number of hydrogen-bond donors (Lipinski definition) is 3. The van der Waals surface area contributed by atoms with Crippen LogP contribution < -0.4 is 10.6 Å². The first kappa shape index (κ1) is 11.9. The fourth-order valence-corrected chi connectivity index (χ4v) is 1.62. The zero-order chi connectivity index (χ0) is 12.8. The highest BCUT2D eigenvalue weighted by Gasteiger charge is 2.02. The molecule has 18 heavy (non-hydrogen) atoms. The van der Waals surface area contributed by atoms with Crippen molar-refractivity contribution in [3.63, 3.8) is 0 Å². The number of benzene rings is 1. The van der Waals surface area contributed by atoms with E-state index in [1.165, 1.54) is 0 Å². The number of fused-ring (bicyclic) bond motifs is 1. The number of nitrogens with one attached hydrogen (secondary N) is 3. The lowest BCUT2D eigenvalue weighted by molar-refractivity contribution is -0.109. The van der Waals surface area contributed by atoms with Gasteiger partial charge in [-0.05, 0) is 24.6 Å². The Labute approximate surface area is 104 Å². The van der Waals surface area contributed by atoms with Crippen LogP contribution in [0.2, 0.25) is 0 Å². The van der Waals surface area contributed by atoms with Gasteiger partial charge in [-0.25, -0.2) is 4.98 Å². The van der Waals surface area contributed by atoms with Crippen LogP contribution in [0, 0.1) is 11.3 Å². The third-order valence-corrected chi connectivity index (χ3v) is 2.48. The van der Waals surface area contributed by atoms with E-state index in [1.807, 2.05) is 6.07 Å². The van der Waals surface area contributed by atoms with Gasteiger partial charge in [0.25, 0.3) is 0 Å². The van der Waals surface area contributed by atoms with Crippen LogP contribution in [0.1, 0.15) is 12.0 Å². The van der Waals surface area contributed by atoms with E-state index < -0.39 is 0 Å². The summed E-state index contributed by atoms with van der Waals surface area (Å²) in [6.45, 7) is 1.35. The van der Waals surface area contributed by atoms with Gasteiger partial charge in [-0.15, -0.1) is 0 Å². The molecule has 2 aromatic rings. The third-order valence-electron chi connectivity index (χ3n) is 2.48. The largest absolute Gasteiger partial charge is 0.359 e. The number of anilines is 1. The van der Waals surface area contributed by atoms with Crippen LogP contribution in [0.15, 0.2) is 18.2 Å². The maximum Gasteiger partial charge on any atom is 0.207 e. The predicted octanol–water partition coefficient (Wildman–Crippen LogP) is 0.983. The molecule has 0 bridgehead atoms. The molecule has 1 aromatic heterocycles. The Bertz CT molecular complexity index is 584. The number of rotatable bonds is 6. The van der Waals surface area contributed by atoms with Crippen molar-refractivity contribution in [2.75, 3.05) is 18.4 Å². The van der Waals surface area contributed by atoms with Gasteiger partial charge in [0.2, 0.25) is 12.4 Å². The predicted molar refractivity (Wildman–Crippen MR) is 68.0 cm³/mol. The summed E-state index contributed by atoms with van der Waals surface area (Å²) in [6, 6.07) is 7.40. The molecule has 0 saturated carbocycles. The Kier molecular flexibility index (Phi) is 3.76. The molecule has 6 nitrogen and oxygen atoms in total. The van der Waals surface area contributed by atoms with Crippen molar-refractivity contribution >= 4 is 23.4 Å². The molecule has 0 atom stereocenters. The van der Waals surface area contributed by atoms with Crippen LogP contribution in [0.4, 0.5) is 5.95 Å². The summed E-state index contributed by atoms with van der Waals surface area (Å²) in [5.41, 5.74) is 2.26. The van der Waals surface area contributed by atoms with E-state index in [0.29, 0.717) is 31.0 Å². The molecule has 0 unspecified atom stereocenters. The van der Waals surface area contributed by atoms with Crippen LogP contribution in [0.3, 0.4) is 0 Å². The molecule has 0 aliphatic rings. The molecular weight excluding hydrogens is 230 g/mol. The van der Waals surface area contributed by atoms with Crippen molar-refractivity contribution in [3.05, 3.63) is 23.8 Å². The van der Waals surface area contributed by atoms with Crippen LogP contribution in [0.5, 0.6) is 0 Å². The van der Waals surface area contributed by atoms with Crippen molar-refractivity contribution in [1.82, 2.24) is 15.3 Å². The van der Waals surface area contributed by atoms with Crippen LogP contribution in [0.25, 0.3) is 11.0 Å². The minimum atomic E-state index is 0.605. The minimum absolute atomic E-state index is 0.605. The van der Waals surface area contributed by atoms with Crippen LogP contribution >= 0.6 is 0 Å². The van der Waals surface area contributed by atoms with Gasteiger partial charge in [0.05, 0.1) is 22.7 Å². The van der Waals surface area contributed by atoms with E-state index in [9.17, 15) is 4.79 Å². The maximum atomic E-state index is 10.0.